The summed E-state index contributed by atoms with van der Waals surface area (Å²) >= 11 is 0. The lowest BCUT2D eigenvalue weighted by atomic mass is 10.0. The second-order valence-corrected chi connectivity index (χ2v) is 10.4. The van der Waals surface area contributed by atoms with Crippen molar-refractivity contribution in [3.05, 3.63) is 41.7 Å². The third kappa shape index (κ3) is 5.02. The molecule has 0 spiro atoms. The van der Waals surface area contributed by atoms with Crippen LogP contribution in [-0.4, -0.2) is 90.4 Å². The summed E-state index contributed by atoms with van der Waals surface area (Å²) in [6.45, 7) is 11.9. The van der Waals surface area contributed by atoms with Crippen molar-refractivity contribution in [2.45, 2.75) is 45.8 Å². The molecule has 0 unspecified atom stereocenters. The number of fused-ring (bicyclic) bond motifs is 1. The van der Waals surface area contributed by atoms with Crippen LogP contribution in [0, 0.1) is 5.82 Å². The van der Waals surface area contributed by atoms with Crippen molar-refractivity contribution in [1.82, 2.24) is 19.9 Å². The number of halogens is 1. The Morgan fingerprint density at radius 3 is 2.34 bits per heavy atom. The SMILES string of the molecule is CC(C)N(C)C(=O)c1cc(-c2ccc3c(N4CCOC[C@@H]4C)nc(N4CCOC[C@@H]4C)nc3n2)ccc1F. The van der Waals surface area contributed by atoms with Crippen molar-refractivity contribution in [2.75, 3.05) is 56.4 Å². The maximum Gasteiger partial charge on any atom is 0.256 e. The van der Waals surface area contributed by atoms with Crippen LogP contribution < -0.4 is 9.80 Å². The monoisotopic (exact) mass is 522 g/mol. The second-order valence-electron chi connectivity index (χ2n) is 10.4. The van der Waals surface area contributed by atoms with Gasteiger partial charge >= 0.3 is 0 Å². The Hall–Kier alpha value is -3.37. The lowest BCUT2D eigenvalue weighted by Gasteiger charge is -2.37. The molecule has 2 fully saturated rings. The maximum absolute atomic E-state index is 14.7. The molecule has 2 aromatic heterocycles. The van der Waals surface area contributed by atoms with E-state index in [4.69, 9.17) is 24.4 Å². The number of anilines is 2. The number of aromatic nitrogens is 3. The molecule has 38 heavy (non-hydrogen) atoms. The molecule has 2 aliphatic rings. The Kier molecular flexibility index (Phi) is 7.45. The molecule has 3 aromatic rings. The average molecular weight is 523 g/mol. The van der Waals surface area contributed by atoms with Crippen LogP contribution in [0.5, 0.6) is 0 Å². The normalized spacial score (nSPS) is 20.3. The highest BCUT2D eigenvalue weighted by Crippen LogP contribution is 2.31. The van der Waals surface area contributed by atoms with Gasteiger partial charge in [0.05, 0.1) is 55.2 Å². The van der Waals surface area contributed by atoms with Crippen molar-refractivity contribution in [2.24, 2.45) is 0 Å². The van der Waals surface area contributed by atoms with E-state index in [2.05, 4.69) is 23.6 Å². The number of carbonyl (C=O) groups is 1. The Morgan fingerprint density at radius 1 is 1.00 bits per heavy atom. The maximum atomic E-state index is 14.7. The van der Waals surface area contributed by atoms with Crippen LogP contribution in [0.25, 0.3) is 22.3 Å². The molecule has 10 heteroatoms. The summed E-state index contributed by atoms with van der Waals surface area (Å²) in [7, 11) is 1.67. The molecule has 9 nitrogen and oxygen atoms in total. The summed E-state index contributed by atoms with van der Waals surface area (Å²) in [6, 6.07) is 8.61. The molecule has 2 atom stereocenters. The number of benzene rings is 1. The lowest BCUT2D eigenvalue weighted by molar-refractivity contribution is 0.0750. The Morgan fingerprint density at radius 2 is 1.68 bits per heavy atom. The fourth-order valence-electron chi connectivity index (χ4n) is 4.83. The van der Waals surface area contributed by atoms with Gasteiger partial charge in [-0.05, 0) is 58.0 Å². The number of pyridine rings is 1. The van der Waals surface area contributed by atoms with Crippen LogP contribution in [0.1, 0.15) is 38.1 Å². The fourth-order valence-corrected chi connectivity index (χ4v) is 4.83. The van der Waals surface area contributed by atoms with Gasteiger partial charge in [0.1, 0.15) is 11.6 Å². The zero-order valence-corrected chi connectivity index (χ0v) is 22.6. The van der Waals surface area contributed by atoms with Gasteiger partial charge in [-0.25, -0.2) is 9.37 Å². The third-order valence-corrected chi connectivity index (χ3v) is 7.38. The van der Waals surface area contributed by atoms with E-state index in [0.29, 0.717) is 55.8 Å². The molecular formula is C28H35FN6O3. The van der Waals surface area contributed by atoms with Gasteiger partial charge in [-0.1, -0.05) is 0 Å². The van der Waals surface area contributed by atoms with Gasteiger partial charge in [-0.3, -0.25) is 4.79 Å². The number of amides is 1. The lowest BCUT2D eigenvalue weighted by Crippen LogP contribution is -2.46. The van der Waals surface area contributed by atoms with Crippen LogP contribution in [0.4, 0.5) is 16.2 Å². The molecule has 0 aliphatic carbocycles. The van der Waals surface area contributed by atoms with Crippen LogP contribution in [0.3, 0.4) is 0 Å². The van der Waals surface area contributed by atoms with Gasteiger partial charge in [0.15, 0.2) is 5.65 Å². The van der Waals surface area contributed by atoms with E-state index in [1.54, 1.807) is 19.2 Å². The summed E-state index contributed by atoms with van der Waals surface area (Å²) < 4.78 is 26.0. The minimum Gasteiger partial charge on any atom is -0.377 e. The summed E-state index contributed by atoms with van der Waals surface area (Å²) in [5, 5.41) is 0.838. The predicted molar refractivity (Wildman–Crippen MR) is 145 cm³/mol. The van der Waals surface area contributed by atoms with Crippen molar-refractivity contribution >= 4 is 28.7 Å². The van der Waals surface area contributed by atoms with Crippen molar-refractivity contribution in [1.29, 1.82) is 0 Å². The molecule has 4 heterocycles. The highest BCUT2D eigenvalue weighted by molar-refractivity contribution is 5.96. The molecule has 2 saturated heterocycles. The highest BCUT2D eigenvalue weighted by Gasteiger charge is 2.28. The summed E-state index contributed by atoms with van der Waals surface area (Å²) in [4.78, 5) is 33.7. The fraction of sp³-hybridized carbons (Fsp3) is 0.500. The topological polar surface area (TPSA) is 83.9 Å². The van der Waals surface area contributed by atoms with Crippen LogP contribution in [-0.2, 0) is 9.47 Å². The van der Waals surface area contributed by atoms with Gasteiger partial charge in [0, 0.05) is 31.7 Å². The number of hydrogen-bond acceptors (Lipinski definition) is 8. The van der Waals surface area contributed by atoms with Gasteiger partial charge < -0.3 is 24.2 Å². The molecule has 0 bridgehead atoms. The first-order valence-electron chi connectivity index (χ1n) is 13.2. The van der Waals surface area contributed by atoms with E-state index in [0.717, 1.165) is 17.7 Å². The number of hydrogen-bond donors (Lipinski definition) is 0. The quantitative estimate of drug-likeness (QED) is 0.501. The van der Waals surface area contributed by atoms with Crippen LogP contribution in [0.2, 0.25) is 0 Å². The Balaban J connectivity index is 1.61. The standard InChI is InChI=1S/C28H35FN6O3/c1-17(2)33(5)27(36)22-14-20(6-8-23(22)29)24-9-7-21-25(30-24)31-28(35-11-13-38-16-19(35)4)32-26(21)34-10-12-37-15-18(34)3/h6-9,14,17-19H,10-13,15-16H2,1-5H3/t18-,19-/m0/s1. The smallest absolute Gasteiger partial charge is 0.256 e. The van der Waals surface area contributed by atoms with Crippen molar-refractivity contribution in [3.8, 4) is 11.3 Å². The molecular weight excluding hydrogens is 487 g/mol. The molecule has 2 aliphatic heterocycles. The zero-order chi connectivity index (χ0) is 27.0. The van der Waals surface area contributed by atoms with Gasteiger partial charge in [-0.15, -0.1) is 0 Å². The minimum atomic E-state index is -0.554. The van der Waals surface area contributed by atoms with E-state index in [1.807, 2.05) is 26.0 Å². The summed E-state index contributed by atoms with van der Waals surface area (Å²) in [6.07, 6.45) is 0. The molecule has 1 aromatic carbocycles. The molecule has 0 radical (unpaired) electrons. The molecule has 0 saturated carbocycles. The number of rotatable bonds is 5. The van der Waals surface area contributed by atoms with Gasteiger partial charge in [-0.2, -0.15) is 9.97 Å². The Bertz CT molecular complexity index is 1340. The molecule has 0 N–H and O–H groups in total. The molecule has 1 amide bonds. The van der Waals surface area contributed by atoms with E-state index in [1.165, 1.54) is 11.0 Å². The number of morpholine rings is 2. The Labute approximate surface area is 222 Å². The van der Waals surface area contributed by atoms with E-state index in [9.17, 15) is 9.18 Å². The number of carbonyl (C=O) groups excluding carboxylic acids is 1. The first kappa shape index (κ1) is 26.2. The summed E-state index contributed by atoms with van der Waals surface area (Å²) in [5.41, 5.74) is 1.83. The highest BCUT2D eigenvalue weighted by atomic mass is 19.1. The minimum absolute atomic E-state index is 0.0222. The first-order valence-corrected chi connectivity index (χ1v) is 13.2. The van der Waals surface area contributed by atoms with E-state index in [-0.39, 0.29) is 29.6 Å². The molecule has 202 valence electrons. The third-order valence-electron chi connectivity index (χ3n) is 7.38. The zero-order valence-electron chi connectivity index (χ0n) is 22.6. The second kappa shape index (κ2) is 10.8. The number of ether oxygens (including phenoxy) is 2. The number of nitrogens with zero attached hydrogens (tertiary/aromatic N) is 6. The van der Waals surface area contributed by atoms with Crippen molar-refractivity contribution in [3.63, 3.8) is 0 Å². The average Bonchev–Trinajstić information content (AvgIpc) is 2.92. The van der Waals surface area contributed by atoms with Gasteiger partial charge in [0.25, 0.3) is 5.91 Å². The van der Waals surface area contributed by atoms with Gasteiger partial charge in [0.2, 0.25) is 5.95 Å². The molecule has 5 rings (SSSR count). The van der Waals surface area contributed by atoms with E-state index < -0.39 is 5.82 Å². The van der Waals surface area contributed by atoms with Crippen LogP contribution in [0.15, 0.2) is 30.3 Å². The summed E-state index contributed by atoms with van der Waals surface area (Å²) in [5.74, 6) is 0.517. The first-order chi connectivity index (χ1) is 18.2. The van der Waals surface area contributed by atoms with E-state index >= 15 is 0 Å². The van der Waals surface area contributed by atoms with Crippen LogP contribution >= 0.6 is 0 Å². The predicted octanol–water partition coefficient (Wildman–Crippen LogP) is 3.76. The largest absolute Gasteiger partial charge is 0.377 e. The van der Waals surface area contributed by atoms with Crippen molar-refractivity contribution < 1.29 is 18.7 Å².